The van der Waals surface area contributed by atoms with E-state index in [9.17, 15) is 13.2 Å². The lowest BCUT2D eigenvalue weighted by Crippen LogP contribution is -2.30. The molecule has 0 bridgehead atoms. The smallest absolute Gasteiger partial charge is 0.337 e. The van der Waals surface area contributed by atoms with Crippen molar-refractivity contribution >= 4 is 44.9 Å². The number of hydrogen-bond donors (Lipinski definition) is 1. The first-order chi connectivity index (χ1) is 10.8. The van der Waals surface area contributed by atoms with Crippen molar-refractivity contribution in [2.24, 2.45) is 0 Å². The number of carbonyl (C=O) groups is 1. The van der Waals surface area contributed by atoms with E-state index in [1.165, 1.54) is 0 Å². The normalized spacial score (nSPS) is 11.3. The molecule has 5 nitrogen and oxygen atoms in total. The molecule has 0 aliphatic rings. The van der Waals surface area contributed by atoms with E-state index in [-0.39, 0.29) is 27.0 Å². The molecule has 2 aromatic rings. The number of hydrogen-bond acceptors (Lipinski definition) is 3. The van der Waals surface area contributed by atoms with E-state index in [0.717, 1.165) is 16.4 Å². The fraction of sp³-hybridized carbons (Fsp3) is 0.133. The maximum atomic E-state index is 12.8. The maximum Gasteiger partial charge on any atom is 0.337 e. The Hall–Kier alpha value is -1.76. The van der Waals surface area contributed by atoms with Crippen LogP contribution in [0.3, 0.4) is 0 Å². The van der Waals surface area contributed by atoms with Crippen LogP contribution in [0.5, 0.6) is 0 Å². The highest BCUT2D eigenvalue weighted by molar-refractivity contribution is 7.92. The molecule has 0 saturated carbocycles. The van der Waals surface area contributed by atoms with Gasteiger partial charge >= 0.3 is 5.97 Å². The van der Waals surface area contributed by atoms with Gasteiger partial charge in [0.15, 0.2) is 0 Å². The third kappa shape index (κ3) is 3.44. The van der Waals surface area contributed by atoms with Gasteiger partial charge in [-0.1, -0.05) is 41.4 Å². The van der Waals surface area contributed by atoms with Crippen molar-refractivity contribution in [2.45, 2.75) is 11.8 Å². The number of nitrogens with zero attached hydrogens (tertiary/aromatic N) is 1. The second-order valence-corrected chi connectivity index (χ2v) is 7.22. The number of halogens is 2. The monoisotopic (exact) mass is 373 g/mol. The van der Waals surface area contributed by atoms with Crippen LogP contribution in [0.2, 0.25) is 10.0 Å². The summed E-state index contributed by atoms with van der Waals surface area (Å²) in [4.78, 5) is 11.0. The molecular formula is C15H13Cl2NO4S. The topological polar surface area (TPSA) is 74.7 Å². The zero-order valence-electron chi connectivity index (χ0n) is 12.0. The summed E-state index contributed by atoms with van der Waals surface area (Å²) < 4.78 is 26.8. The lowest BCUT2D eigenvalue weighted by Gasteiger charge is -2.23. The molecule has 23 heavy (non-hydrogen) atoms. The average Bonchev–Trinajstić information content (AvgIpc) is 2.51. The van der Waals surface area contributed by atoms with Crippen LogP contribution in [0.1, 0.15) is 17.3 Å². The zero-order chi connectivity index (χ0) is 17.2. The van der Waals surface area contributed by atoms with E-state index in [1.54, 1.807) is 37.3 Å². The van der Waals surface area contributed by atoms with Crippen LogP contribution < -0.4 is 4.31 Å². The molecule has 0 unspecified atom stereocenters. The number of benzene rings is 2. The van der Waals surface area contributed by atoms with Gasteiger partial charge in [0, 0.05) is 6.54 Å². The van der Waals surface area contributed by atoms with Gasteiger partial charge in [0.25, 0.3) is 10.0 Å². The average molecular weight is 374 g/mol. The quantitative estimate of drug-likeness (QED) is 0.861. The Labute approximate surface area is 144 Å². The number of para-hydroxylation sites is 1. The van der Waals surface area contributed by atoms with E-state index >= 15 is 0 Å². The summed E-state index contributed by atoms with van der Waals surface area (Å²) in [5.41, 5.74) is 0.111. The van der Waals surface area contributed by atoms with E-state index in [2.05, 4.69) is 0 Å². The standard InChI is InChI=1S/C15H13Cl2NO4S/c1-2-18(10-6-4-3-5-7-10)23(21,22)11-8-12(15(19)20)14(17)13(16)9-11/h3-9H,2H2,1H3,(H,19,20). The van der Waals surface area contributed by atoms with Gasteiger partial charge < -0.3 is 5.11 Å². The molecule has 122 valence electrons. The van der Waals surface area contributed by atoms with Crippen LogP contribution in [0.25, 0.3) is 0 Å². The highest BCUT2D eigenvalue weighted by atomic mass is 35.5. The molecule has 0 heterocycles. The van der Waals surface area contributed by atoms with Gasteiger partial charge in [-0.15, -0.1) is 0 Å². The van der Waals surface area contributed by atoms with Crippen LogP contribution in [0.4, 0.5) is 5.69 Å². The molecule has 1 N–H and O–H groups in total. The Balaban J connectivity index is 2.61. The van der Waals surface area contributed by atoms with Crippen molar-refractivity contribution in [3.63, 3.8) is 0 Å². The molecule has 2 aromatic carbocycles. The summed E-state index contributed by atoms with van der Waals surface area (Å²) in [6.07, 6.45) is 0. The van der Waals surface area contributed by atoms with Crippen molar-refractivity contribution in [3.05, 3.63) is 58.1 Å². The molecule has 0 fully saturated rings. The summed E-state index contributed by atoms with van der Waals surface area (Å²) in [5, 5.41) is 8.82. The minimum atomic E-state index is -3.97. The summed E-state index contributed by atoms with van der Waals surface area (Å²) in [7, 11) is -3.97. The van der Waals surface area contributed by atoms with E-state index in [4.69, 9.17) is 28.3 Å². The molecule has 0 radical (unpaired) electrons. The highest BCUT2D eigenvalue weighted by Gasteiger charge is 2.26. The highest BCUT2D eigenvalue weighted by Crippen LogP contribution is 2.32. The van der Waals surface area contributed by atoms with Gasteiger partial charge in [-0.25, -0.2) is 13.2 Å². The third-order valence-corrected chi connectivity index (χ3v) is 5.83. The Morgan fingerprint density at radius 2 is 1.78 bits per heavy atom. The van der Waals surface area contributed by atoms with Crippen molar-refractivity contribution in [1.29, 1.82) is 0 Å². The molecule has 0 saturated heterocycles. The van der Waals surface area contributed by atoms with Crippen LogP contribution in [0, 0.1) is 0 Å². The predicted octanol–water partition coefficient (Wildman–Crippen LogP) is 3.91. The molecule has 0 aromatic heterocycles. The van der Waals surface area contributed by atoms with Crippen LogP contribution in [0.15, 0.2) is 47.4 Å². The van der Waals surface area contributed by atoms with Crippen LogP contribution in [-0.4, -0.2) is 26.0 Å². The SMILES string of the molecule is CCN(c1ccccc1)S(=O)(=O)c1cc(Cl)c(Cl)c(C(=O)O)c1. The van der Waals surface area contributed by atoms with Crippen molar-refractivity contribution in [1.82, 2.24) is 0 Å². The lowest BCUT2D eigenvalue weighted by atomic mass is 10.2. The Morgan fingerprint density at radius 3 is 2.30 bits per heavy atom. The van der Waals surface area contributed by atoms with Gasteiger partial charge in [0.1, 0.15) is 0 Å². The summed E-state index contributed by atoms with van der Waals surface area (Å²) >= 11 is 11.7. The van der Waals surface area contributed by atoms with Crippen LogP contribution >= 0.6 is 23.2 Å². The predicted molar refractivity (Wildman–Crippen MR) is 90.1 cm³/mol. The van der Waals surface area contributed by atoms with Crippen molar-refractivity contribution in [3.8, 4) is 0 Å². The zero-order valence-corrected chi connectivity index (χ0v) is 14.4. The van der Waals surface area contributed by atoms with Gasteiger partial charge in [-0.05, 0) is 31.2 Å². The maximum absolute atomic E-state index is 12.8. The Kier molecular flexibility index (Phi) is 5.19. The minimum Gasteiger partial charge on any atom is -0.478 e. The molecule has 0 spiro atoms. The van der Waals surface area contributed by atoms with Gasteiger partial charge in [-0.2, -0.15) is 0 Å². The van der Waals surface area contributed by atoms with E-state index < -0.39 is 16.0 Å². The fourth-order valence-electron chi connectivity index (χ4n) is 2.08. The fourth-order valence-corrected chi connectivity index (χ4v) is 4.08. The molecule has 0 atom stereocenters. The molecule has 0 amide bonds. The minimum absolute atomic E-state index is 0.130. The number of aromatic carboxylic acids is 1. The largest absolute Gasteiger partial charge is 0.478 e. The summed E-state index contributed by atoms with van der Waals surface area (Å²) in [6.45, 7) is 1.86. The van der Waals surface area contributed by atoms with Gasteiger partial charge in [0.05, 0.1) is 26.2 Å². The van der Waals surface area contributed by atoms with E-state index in [0.29, 0.717) is 5.69 Å². The molecule has 2 rings (SSSR count). The second-order valence-electron chi connectivity index (χ2n) is 4.58. The number of anilines is 1. The summed E-state index contributed by atoms with van der Waals surface area (Å²) in [5.74, 6) is -1.35. The molecule has 0 aliphatic carbocycles. The van der Waals surface area contributed by atoms with Crippen molar-refractivity contribution < 1.29 is 18.3 Å². The molecule has 0 aliphatic heterocycles. The van der Waals surface area contributed by atoms with E-state index in [1.807, 2.05) is 0 Å². The first-order valence-electron chi connectivity index (χ1n) is 6.59. The first kappa shape index (κ1) is 17.6. The first-order valence-corrected chi connectivity index (χ1v) is 8.78. The van der Waals surface area contributed by atoms with Crippen LogP contribution in [-0.2, 0) is 10.0 Å². The number of sulfonamides is 1. The van der Waals surface area contributed by atoms with Gasteiger partial charge in [0.2, 0.25) is 0 Å². The third-order valence-electron chi connectivity index (χ3n) is 3.15. The second kappa shape index (κ2) is 6.78. The number of rotatable bonds is 5. The van der Waals surface area contributed by atoms with Crippen molar-refractivity contribution in [2.75, 3.05) is 10.8 Å². The number of carboxylic acid groups (broad SMARTS) is 1. The Bertz CT molecular complexity index is 838. The Morgan fingerprint density at radius 1 is 1.17 bits per heavy atom. The molecule has 8 heteroatoms. The van der Waals surface area contributed by atoms with Gasteiger partial charge in [-0.3, -0.25) is 4.31 Å². The summed E-state index contributed by atoms with van der Waals surface area (Å²) in [6, 6.07) is 10.7. The molecular weight excluding hydrogens is 361 g/mol. The lowest BCUT2D eigenvalue weighted by molar-refractivity contribution is 0.0697. The number of carboxylic acids is 1.